The molecular weight excluding hydrogens is 306 g/mol. The zero-order valence-corrected chi connectivity index (χ0v) is 13.8. The van der Waals surface area contributed by atoms with Crippen LogP contribution in [0.4, 0.5) is 10.8 Å². The molecule has 21 heavy (non-hydrogen) atoms. The second kappa shape index (κ2) is 6.12. The molecular formula is C14H23N3O2S2. The third-order valence-corrected chi connectivity index (χ3v) is 7.75. The van der Waals surface area contributed by atoms with Crippen molar-refractivity contribution in [3.05, 3.63) is 0 Å². The summed E-state index contributed by atoms with van der Waals surface area (Å²) in [5.74, 6) is 1.03. The molecule has 1 heterocycles. The molecule has 0 aliphatic heterocycles. The van der Waals surface area contributed by atoms with Gasteiger partial charge in [-0.1, -0.05) is 25.7 Å². The van der Waals surface area contributed by atoms with Gasteiger partial charge in [-0.2, -0.15) is 4.37 Å². The van der Waals surface area contributed by atoms with Gasteiger partial charge in [-0.15, -0.1) is 0 Å². The Kier molecular flexibility index (Phi) is 4.40. The first kappa shape index (κ1) is 15.1. The summed E-state index contributed by atoms with van der Waals surface area (Å²) in [6.45, 7) is 0.797. The van der Waals surface area contributed by atoms with Gasteiger partial charge in [-0.05, 0) is 43.1 Å². The number of sulfone groups is 1. The molecule has 3 N–H and O–H groups in total. The smallest absolute Gasteiger partial charge is 0.187 e. The lowest BCUT2D eigenvalue weighted by molar-refractivity contribution is 0.491. The Labute approximate surface area is 130 Å². The van der Waals surface area contributed by atoms with Crippen LogP contribution in [0.2, 0.25) is 0 Å². The van der Waals surface area contributed by atoms with Crippen molar-refractivity contribution in [3.63, 3.8) is 0 Å². The summed E-state index contributed by atoms with van der Waals surface area (Å²) in [6.07, 6.45) is 9.25. The number of nitrogen functional groups attached to an aromatic ring is 1. The summed E-state index contributed by atoms with van der Waals surface area (Å²) in [6, 6.07) is 0. The number of nitrogens with zero attached hydrogens (tertiary/aromatic N) is 1. The standard InChI is InChI=1S/C14H23N3O2S2/c15-13-12(21(18,19)11-7-8-11)14(20-17-13)16-9-3-6-10-4-1-2-5-10/h10-11,16H,1-9H2,(H2,15,17). The van der Waals surface area contributed by atoms with Crippen LogP contribution in [0.3, 0.4) is 0 Å². The van der Waals surface area contributed by atoms with E-state index in [4.69, 9.17) is 5.73 Å². The van der Waals surface area contributed by atoms with Crippen molar-refractivity contribution in [1.29, 1.82) is 0 Å². The van der Waals surface area contributed by atoms with Crippen molar-refractivity contribution >= 4 is 32.2 Å². The zero-order chi connectivity index (χ0) is 14.9. The molecule has 2 aliphatic rings. The van der Waals surface area contributed by atoms with E-state index in [-0.39, 0.29) is 16.0 Å². The normalized spacial score (nSPS) is 20.0. The largest absolute Gasteiger partial charge is 0.382 e. The predicted molar refractivity (Wildman–Crippen MR) is 86.4 cm³/mol. The highest BCUT2D eigenvalue weighted by atomic mass is 32.2. The van der Waals surface area contributed by atoms with Crippen molar-refractivity contribution < 1.29 is 8.42 Å². The number of hydrogen-bond acceptors (Lipinski definition) is 6. The van der Waals surface area contributed by atoms with Crippen LogP contribution in [-0.2, 0) is 9.84 Å². The summed E-state index contributed by atoms with van der Waals surface area (Å²) < 4.78 is 28.8. The fourth-order valence-electron chi connectivity index (χ4n) is 3.12. The van der Waals surface area contributed by atoms with Gasteiger partial charge in [0, 0.05) is 6.54 Å². The average molecular weight is 329 g/mol. The molecule has 2 fully saturated rings. The monoisotopic (exact) mass is 329 g/mol. The minimum atomic E-state index is -3.28. The summed E-state index contributed by atoms with van der Waals surface area (Å²) >= 11 is 1.17. The van der Waals surface area contributed by atoms with E-state index < -0.39 is 9.84 Å². The van der Waals surface area contributed by atoms with Crippen LogP contribution in [-0.4, -0.2) is 24.6 Å². The van der Waals surface area contributed by atoms with Crippen LogP contribution in [0, 0.1) is 5.92 Å². The fraction of sp³-hybridized carbons (Fsp3) is 0.786. The topological polar surface area (TPSA) is 85.1 Å². The van der Waals surface area contributed by atoms with Crippen LogP contribution in [0.5, 0.6) is 0 Å². The zero-order valence-electron chi connectivity index (χ0n) is 12.2. The lowest BCUT2D eigenvalue weighted by Gasteiger charge is -2.10. The van der Waals surface area contributed by atoms with E-state index in [0.29, 0.717) is 5.00 Å². The van der Waals surface area contributed by atoms with Gasteiger partial charge in [0.1, 0.15) is 9.90 Å². The van der Waals surface area contributed by atoms with Crippen LogP contribution in [0.1, 0.15) is 51.4 Å². The Hall–Kier alpha value is -0.820. The predicted octanol–water partition coefficient (Wildman–Crippen LogP) is 3.04. The molecule has 5 nitrogen and oxygen atoms in total. The van der Waals surface area contributed by atoms with Crippen LogP contribution in [0.25, 0.3) is 0 Å². The second-order valence-corrected chi connectivity index (χ2v) is 9.13. The molecule has 2 saturated carbocycles. The maximum Gasteiger partial charge on any atom is 0.187 e. The summed E-state index contributed by atoms with van der Waals surface area (Å²) in [4.78, 5) is 0.246. The SMILES string of the molecule is Nc1nsc(NCCCC2CCCC2)c1S(=O)(=O)C1CC1. The number of rotatable bonds is 7. The van der Waals surface area contributed by atoms with Gasteiger partial charge in [0.15, 0.2) is 15.7 Å². The maximum atomic E-state index is 12.4. The second-order valence-electron chi connectivity index (χ2n) is 6.19. The summed E-state index contributed by atoms with van der Waals surface area (Å²) in [7, 11) is -3.28. The maximum absolute atomic E-state index is 12.4. The van der Waals surface area contributed by atoms with Gasteiger partial charge in [-0.3, -0.25) is 0 Å². The lowest BCUT2D eigenvalue weighted by atomic mass is 10.0. The third kappa shape index (κ3) is 3.34. The van der Waals surface area contributed by atoms with Gasteiger partial charge in [0.25, 0.3) is 0 Å². The molecule has 0 radical (unpaired) electrons. The van der Waals surface area contributed by atoms with Crippen molar-refractivity contribution in [2.75, 3.05) is 17.6 Å². The molecule has 118 valence electrons. The lowest BCUT2D eigenvalue weighted by Crippen LogP contribution is -2.12. The van der Waals surface area contributed by atoms with Crippen molar-refractivity contribution in [2.24, 2.45) is 5.92 Å². The van der Waals surface area contributed by atoms with Gasteiger partial charge in [0.2, 0.25) is 0 Å². The van der Waals surface area contributed by atoms with Crippen molar-refractivity contribution in [1.82, 2.24) is 4.37 Å². The Morgan fingerprint density at radius 3 is 2.62 bits per heavy atom. The molecule has 1 aromatic heterocycles. The average Bonchev–Trinajstić information content (AvgIpc) is 3.07. The molecule has 0 unspecified atom stereocenters. The van der Waals surface area contributed by atoms with E-state index in [9.17, 15) is 8.42 Å². The number of nitrogens with two attached hydrogens (primary N) is 1. The van der Waals surface area contributed by atoms with Crippen molar-refractivity contribution in [3.8, 4) is 0 Å². The minimum absolute atomic E-state index is 0.158. The molecule has 0 atom stereocenters. The molecule has 3 rings (SSSR count). The molecule has 1 aromatic rings. The Balaban J connectivity index is 1.58. The quantitative estimate of drug-likeness (QED) is 0.751. The molecule has 0 saturated heterocycles. The fourth-order valence-corrected chi connectivity index (χ4v) is 6.03. The number of anilines is 2. The van der Waals surface area contributed by atoms with Gasteiger partial charge in [-0.25, -0.2) is 8.42 Å². The molecule has 7 heteroatoms. The highest BCUT2D eigenvalue weighted by Crippen LogP contribution is 2.41. The van der Waals surface area contributed by atoms with E-state index in [0.717, 1.165) is 31.7 Å². The summed E-state index contributed by atoms with van der Waals surface area (Å²) in [5.41, 5.74) is 5.78. The van der Waals surface area contributed by atoms with Gasteiger partial charge >= 0.3 is 0 Å². The van der Waals surface area contributed by atoms with Crippen molar-refractivity contribution in [2.45, 2.75) is 61.5 Å². The van der Waals surface area contributed by atoms with E-state index >= 15 is 0 Å². The molecule has 0 spiro atoms. The molecule has 0 aromatic carbocycles. The Morgan fingerprint density at radius 1 is 1.24 bits per heavy atom. The molecule has 0 amide bonds. The number of aromatic nitrogens is 1. The number of nitrogens with one attached hydrogen (secondary N) is 1. The van der Waals surface area contributed by atoms with Gasteiger partial charge < -0.3 is 11.1 Å². The number of hydrogen-bond donors (Lipinski definition) is 2. The van der Waals surface area contributed by atoms with E-state index in [1.807, 2.05) is 0 Å². The Bertz CT molecular complexity index is 587. The minimum Gasteiger partial charge on any atom is -0.382 e. The Morgan fingerprint density at radius 2 is 1.95 bits per heavy atom. The van der Waals surface area contributed by atoms with Crippen LogP contribution < -0.4 is 11.1 Å². The summed E-state index contributed by atoms with van der Waals surface area (Å²) in [5, 5.41) is 3.63. The van der Waals surface area contributed by atoms with Crippen LogP contribution in [0.15, 0.2) is 4.90 Å². The van der Waals surface area contributed by atoms with Gasteiger partial charge in [0.05, 0.1) is 5.25 Å². The first-order chi connectivity index (χ1) is 10.1. The third-order valence-electron chi connectivity index (χ3n) is 4.47. The van der Waals surface area contributed by atoms with E-state index in [1.165, 1.54) is 43.6 Å². The van der Waals surface area contributed by atoms with E-state index in [2.05, 4.69) is 9.69 Å². The molecule has 0 bridgehead atoms. The van der Waals surface area contributed by atoms with Crippen LogP contribution >= 0.6 is 11.5 Å². The van der Waals surface area contributed by atoms with E-state index in [1.54, 1.807) is 0 Å². The molecule has 2 aliphatic carbocycles. The highest BCUT2D eigenvalue weighted by Gasteiger charge is 2.40. The first-order valence-electron chi connectivity index (χ1n) is 7.82. The first-order valence-corrected chi connectivity index (χ1v) is 10.1. The highest BCUT2D eigenvalue weighted by molar-refractivity contribution is 7.92.